The molecule has 6 nitrogen and oxygen atoms in total. The zero-order valence-corrected chi connectivity index (χ0v) is 14.8. The van der Waals surface area contributed by atoms with Gasteiger partial charge in [-0.15, -0.1) is 0 Å². The topological polar surface area (TPSA) is 83.1 Å². The maximum absolute atomic E-state index is 12.6. The second-order valence-corrected chi connectivity index (χ2v) is 6.52. The molecule has 0 saturated carbocycles. The summed E-state index contributed by atoms with van der Waals surface area (Å²) in [5.74, 6) is 0.160. The van der Waals surface area contributed by atoms with Gasteiger partial charge in [0.2, 0.25) is 5.91 Å². The molecule has 1 aromatic carbocycles. The van der Waals surface area contributed by atoms with E-state index in [1.165, 1.54) is 12.1 Å². The van der Waals surface area contributed by atoms with Gasteiger partial charge in [0.05, 0.1) is 11.1 Å². The molecule has 28 heavy (non-hydrogen) atoms. The van der Waals surface area contributed by atoms with Crippen LogP contribution in [-0.4, -0.2) is 29.9 Å². The molecule has 9 heteroatoms. The Bertz CT molecular complexity index is 843. The quantitative estimate of drug-likeness (QED) is 0.729. The van der Waals surface area contributed by atoms with E-state index in [1.54, 1.807) is 18.3 Å². The Kier molecular flexibility index (Phi) is 5.81. The normalized spacial score (nSPS) is 17.0. The first kappa shape index (κ1) is 19.7. The average molecular weight is 392 g/mol. The number of carbonyl (C=O) groups excluding carboxylic acids is 2. The second-order valence-electron chi connectivity index (χ2n) is 6.52. The first-order valence-electron chi connectivity index (χ1n) is 8.77. The predicted molar refractivity (Wildman–Crippen MR) is 97.9 cm³/mol. The van der Waals surface area contributed by atoms with Crippen LogP contribution < -0.4 is 16.0 Å². The van der Waals surface area contributed by atoms with Gasteiger partial charge in [-0.1, -0.05) is 0 Å². The van der Waals surface area contributed by atoms with Crippen LogP contribution in [0.2, 0.25) is 0 Å². The highest BCUT2D eigenvalue weighted by molar-refractivity contribution is 6.07. The van der Waals surface area contributed by atoms with Crippen molar-refractivity contribution in [2.45, 2.75) is 19.0 Å². The molecular formula is C19H19F3N4O2. The SMILES string of the molecule is O=C1CCC(CNc2ncccc2C(=O)Nc2ccc(C(F)(F)F)cc2)CN1. The number of nitrogens with zero attached hydrogens (tertiary/aromatic N) is 1. The third-order valence-electron chi connectivity index (χ3n) is 4.45. The minimum absolute atomic E-state index is 0.0331. The predicted octanol–water partition coefficient (Wildman–Crippen LogP) is 3.29. The van der Waals surface area contributed by atoms with E-state index in [9.17, 15) is 22.8 Å². The Morgan fingerprint density at radius 3 is 2.61 bits per heavy atom. The summed E-state index contributed by atoms with van der Waals surface area (Å²) in [6.07, 6.45) is -1.67. The summed E-state index contributed by atoms with van der Waals surface area (Å²) < 4.78 is 37.9. The first-order valence-corrected chi connectivity index (χ1v) is 8.77. The Morgan fingerprint density at radius 1 is 1.21 bits per heavy atom. The molecule has 1 fully saturated rings. The number of alkyl halides is 3. The largest absolute Gasteiger partial charge is 0.416 e. The number of carbonyl (C=O) groups is 2. The molecular weight excluding hydrogens is 373 g/mol. The van der Waals surface area contributed by atoms with Crippen molar-refractivity contribution in [2.24, 2.45) is 5.92 Å². The molecule has 0 aliphatic carbocycles. The second kappa shape index (κ2) is 8.28. The van der Waals surface area contributed by atoms with Crippen LogP contribution in [0, 0.1) is 5.92 Å². The number of hydrogen-bond acceptors (Lipinski definition) is 4. The van der Waals surface area contributed by atoms with E-state index < -0.39 is 17.6 Å². The van der Waals surface area contributed by atoms with Gasteiger partial charge in [0.1, 0.15) is 5.82 Å². The molecule has 1 aliphatic heterocycles. The van der Waals surface area contributed by atoms with Crippen LogP contribution in [0.5, 0.6) is 0 Å². The number of hydrogen-bond donors (Lipinski definition) is 3. The minimum atomic E-state index is -4.43. The molecule has 1 atom stereocenters. The van der Waals surface area contributed by atoms with Crippen molar-refractivity contribution in [3.8, 4) is 0 Å². The molecule has 2 amide bonds. The average Bonchev–Trinajstić information content (AvgIpc) is 2.67. The molecule has 2 aromatic rings. The zero-order valence-electron chi connectivity index (χ0n) is 14.8. The van der Waals surface area contributed by atoms with Crippen molar-refractivity contribution in [3.63, 3.8) is 0 Å². The van der Waals surface area contributed by atoms with E-state index in [1.807, 2.05) is 0 Å². The van der Waals surface area contributed by atoms with Gasteiger partial charge in [-0.25, -0.2) is 4.98 Å². The Balaban J connectivity index is 1.64. The Labute approximate surface area is 159 Å². The fourth-order valence-electron chi connectivity index (χ4n) is 2.87. The van der Waals surface area contributed by atoms with Gasteiger partial charge in [0.15, 0.2) is 0 Å². The van der Waals surface area contributed by atoms with Crippen molar-refractivity contribution in [3.05, 3.63) is 53.7 Å². The molecule has 3 N–H and O–H groups in total. The fraction of sp³-hybridized carbons (Fsp3) is 0.316. The molecule has 1 aliphatic rings. The van der Waals surface area contributed by atoms with Gasteiger partial charge in [-0.05, 0) is 48.7 Å². The molecule has 3 rings (SSSR count). The van der Waals surface area contributed by atoms with Crippen LogP contribution >= 0.6 is 0 Å². The molecule has 2 heterocycles. The van der Waals surface area contributed by atoms with Gasteiger partial charge in [-0.2, -0.15) is 13.2 Å². The summed E-state index contributed by atoms with van der Waals surface area (Å²) in [7, 11) is 0. The molecule has 0 spiro atoms. The smallest absolute Gasteiger partial charge is 0.369 e. The van der Waals surface area contributed by atoms with Gasteiger partial charge in [0.25, 0.3) is 5.91 Å². The Hall–Kier alpha value is -3.10. The molecule has 1 unspecified atom stereocenters. The van der Waals surface area contributed by atoms with Crippen LogP contribution in [-0.2, 0) is 11.0 Å². The lowest BCUT2D eigenvalue weighted by Crippen LogP contribution is -2.37. The molecule has 1 aromatic heterocycles. The van der Waals surface area contributed by atoms with Gasteiger partial charge in [0, 0.05) is 31.4 Å². The third kappa shape index (κ3) is 4.99. The number of pyridine rings is 1. The van der Waals surface area contributed by atoms with Crippen LogP contribution in [0.1, 0.15) is 28.8 Å². The Morgan fingerprint density at radius 2 is 1.96 bits per heavy atom. The summed E-state index contributed by atoms with van der Waals surface area (Å²) in [6, 6.07) is 7.42. The maximum atomic E-state index is 12.6. The van der Waals surface area contributed by atoms with E-state index in [-0.39, 0.29) is 23.1 Å². The fourth-order valence-corrected chi connectivity index (χ4v) is 2.87. The van der Waals surface area contributed by atoms with Crippen molar-refractivity contribution >= 4 is 23.3 Å². The number of amides is 2. The molecule has 0 bridgehead atoms. The summed E-state index contributed by atoms with van der Waals surface area (Å²) in [4.78, 5) is 27.9. The van der Waals surface area contributed by atoms with E-state index in [0.717, 1.165) is 18.6 Å². The van der Waals surface area contributed by atoms with Gasteiger partial charge in [-0.3, -0.25) is 9.59 Å². The van der Waals surface area contributed by atoms with Gasteiger partial charge >= 0.3 is 6.18 Å². The van der Waals surface area contributed by atoms with Crippen LogP contribution in [0.25, 0.3) is 0 Å². The molecule has 1 saturated heterocycles. The number of anilines is 2. The lowest BCUT2D eigenvalue weighted by molar-refractivity contribution is -0.137. The summed E-state index contributed by atoms with van der Waals surface area (Å²) in [6.45, 7) is 1.10. The van der Waals surface area contributed by atoms with Gasteiger partial charge < -0.3 is 16.0 Å². The van der Waals surface area contributed by atoms with Crippen molar-refractivity contribution < 1.29 is 22.8 Å². The summed E-state index contributed by atoms with van der Waals surface area (Å²) >= 11 is 0. The van der Waals surface area contributed by atoms with Crippen molar-refractivity contribution in [2.75, 3.05) is 23.7 Å². The third-order valence-corrected chi connectivity index (χ3v) is 4.45. The van der Waals surface area contributed by atoms with E-state index in [2.05, 4.69) is 20.9 Å². The summed E-state index contributed by atoms with van der Waals surface area (Å²) in [5.41, 5.74) is -0.251. The highest BCUT2D eigenvalue weighted by atomic mass is 19.4. The number of halogens is 3. The minimum Gasteiger partial charge on any atom is -0.369 e. The van der Waals surface area contributed by atoms with Crippen LogP contribution in [0.3, 0.4) is 0 Å². The highest BCUT2D eigenvalue weighted by Gasteiger charge is 2.30. The maximum Gasteiger partial charge on any atom is 0.416 e. The molecule has 148 valence electrons. The lowest BCUT2D eigenvalue weighted by Gasteiger charge is -2.23. The number of nitrogens with one attached hydrogen (secondary N) is 3. The van der Waals surface area contributed by atoms with E-state index in [0.29, 0.717) is 25.3 Å². The zero-order chi connectivity index (χ0) is 20.1. The van der Waals surface area contributed by atoms with Crippen molar-refractivity contribution in [1.82, 2.24) is 10.3 Å². The van der Waals surface area contributed by atoms with E-state index in [4.69, 9.17) is 0 Å². The highest BCUT2D eigenvalue weighted by Crippen LogP contribution is 2.30. The van der Waals surface area contributed by atoms with Crippen LogP contribution in [0.15, 0.2) is 42.6 Å². The number of benzene rings is 1. The monoisotopic (exact) mass is 392 g/mol. The first-order chi connectivity index (χ1) is 13.3. The summed E-state index contributed by atoms with van der Waals surface area (Å²) in [5, 5.41) is 8.49. The lowest BCUT2D eigenvalue weighted by atomic mass is 9.99. The standard InChI is InChI=1S/C19H19F3N4O2/c20-19(21,22)13-4-6-14(7-5-13)26-18(28)15-2-1-9-23-17(15)25-11-12-3-8-16(27)24-10-12/h1-2,4-7,9,12H,3,8,10-11H2,(H,23,25)(H,24,27)(H,26,28). The number of aromatic nitrogens is 1. The van der Waals surface area contributed by atoms with E-state index >= 15 is 0 Å². The number of piperidine rings is 1. The van der Waals surface area contributed by atoms with Crippen molar-refractivity contribution in [1.29, 1.82) is 0 Å². The molecule has 0 radical (unpaired) electrons. The van der Waals surface area contributed by atoms with Crippen LogP contribution in [0.4, 0.5) is 24.7 Å². The number of rotatable bonds is 5.